The zero-order chi connectivity index (χ0) is 17.9. The third-order valence-electron chi connectivity index (χ3n) is 3.86. The maximum absolute atomic E-state index is 14.1. The number of hydrogen-bond acceptors (Lipinski definition) is 5. The van der Waals surface area contributed by atoms with Gasteiger partial charge in [0.1, 0.15) is 5.92 Å². The first-order valence-corrected chi connectivity index (χ1v) is 8.50. The summed E-state index contributed by atoms with van der Waals surface area (Å²) in [6.45, 7) is 2.38. The van der Waals surface area contributed by atoms with Crippen LogP contribution >= 0.6 is 0 Å². The van der Waals surface area contributed by atoms with Gasteiger partial charge in [0.15, 0.2) is 5.67 Å². The Kier molecular flexibility index (Phi) is 3.54. The highest BCUT2D eigenvalue weighted by Crippen LogP contribution is 2.66. The summed E-state index contributed by atoms with van der Waals surface area (Å²) in [5.74, 6) is -6.41. The van der Waals surface area contributed by atoms with Gasteiger partial charge >= 0.3 is 0 Å². The molecule has 1 heterocycles. The summed E-state index contributed by atoms with van der Waals surface area (Å²) in [4.78, 5) is 3.55. The molecule has 130 valence electrons. The summed E-state index contributed by atoms with van der Waals surface area (Å²) in [5, 5.41) is 8.37. The van der Waals surface area contributed by atoms with Gasteiger partial charge in [0.05, 0.1) is 10.8 Å². The quantitative estimate of drug-likeness (QED) is 0.902. The maximum atomic E-state index is 14.1. The van der Waals surface area contributed by atoms with Crippen LogP contribution in [-0.4, -0.2) is 24.5 Å². The lowest BCUT2D eigenvalue weighted by Crippen LogP contribution is -2.11. The average Bonchev–Trinajstić information content (AvgIpc) is 2.83. The number of rotatable bonds is 4. The molecule has 1 saturated carbocycles. The normalized spacial score (nSPS) is 23.2. The summed E-state index contributed by atoms with van der Waals surface area (Å²) in [5.41, 5.74) is -1.70. The number of alkyl halides is 3. The van der Waals surface area contributed by atoms with Crippen molar-refractivity contribution in [3.05, 3.63) is 41.5 Å². The van der Waals surface area contributed by atoms with Crippen LogP contribution in [0.2, 0.25) is 0 Å². The Labute approximate surface area is 135 Å². The molecule has 0 bridgehead atoms. The Hall–Kier alpha value is -1.94. The van der Waals surface area contributed by atoms with Gasteiger partial charge in [-0.3, -0.25) is 0 Å². The van der Waals surface area contributed by atoms with Crippen molar-refractivity contribution in [3.63, 3.8) is 0 Å². The molecule has 24 heavy (non-hydrogen) atoms. The highest BCUT2D eigenvalue weighted by Gasteiger charge is 2.72. The average molecular weight is 361 g/mol. The highest BCUT2D eigenvalue weighted by molar-refractivity contribution is 7.89. The van der Waals surface area contributed by atoms with Gasteiger partial charge in [-0.1, -0.05) is 17.3 Å². The Morgan fingerprint density at radius 2 is 1.79 bits per heavy atom. The molecule has 10 heteroatoms. The zero-order valence-corrected chi connectivity index (χ0v) is 13.5. The number of hydrogen-bond donors (Lipinski definition) is 1. The van der Waals surface area contributed by atoms with Crippen molar-refractivity contribution in [1.82, 2.24) is 10.1 Å². The van der Waals surface area contributed by atoms with Crippen LogP contribution in [0.25, 0.3) is 0 Å². The van der Waals surface area contributed by atoms with Crippen molar-refractivity contribution < 1.29 is 26.1 Å². The number of primary sulfonamides is 1. The van der Waals surface area contributed by atoms with Crippen LogP contribution in [0.15, 0.2) is 33.7 Å². The summed E-state index contributed by atoms with van der Waals surface area (Å²) >= 11 is 0. The Balaban J connectivity index is 1.89. The van der Waals surface area contributed by atoms with Crippen LogP contribution < -0.4 is 5.14 Å². The van der Waals surface area contributed by atoms with Crippen molar-refractivity contribution in [2.45, 2.75) is 42.2 Å². The minimum absolute atomic E-state index is 0.175. The van der Waals surface area contributed by atoms with Gasteiger partial charge in [-0.25, -0.2) is 26.7 Å². The molecule has 0 spiro atoms. The smallest absolute Gasteiger partial charge is 0.268 e. The van der Waals surface area contributed by atoms with Gasteiger partial charge in [-0.2, -0.15) is 4.98 Å². The van der Waals surface area contributed by atoms with E-state index in [0.29, 0.717) is 0 Å². The summed E-state index contributed by atoms with van der Waals surface area (Å²) in [6, 6.07) is 4.82. The first kappa shape index (κ1) is 16.9. The predicted molar refractivity (Wildman–Crippen MR) is 76.7 cm³/mol. The molecule has 1 aliphatic carbocycles. The molecule has 3 rings (SSSR count). The SMILES string of the molecule is CC(C)(F)c1noc([C@H]2[C@H](c3ccc(S(N)(=O)=O)cc3)C2(F)F)n1. The van der Waals surface area contributed by atoms with Crippen molar-refractivity contribution in [3.8, 4) is 0 Å². The number of benzene rings is 1. The van der Waals surface area contributed by atoms with Crippen LogP contribution in [0.3, 0.4) is 0 Å². The molecule has 0 amide bonds. The monoisotopic (exact) mass is 361 g/mol. The third-order valence-corrected chi connectivity index (χ3v) is 4.79. The molecular weight excluding hydrogens is 347 g/mol. The largest absolute Gasteiger partial charge is 0.339 e. The van der Waals surface area contributed by atoms with E-state index in [4.69, 9.17) is 9.66 Å². The van der Waals surface area contributed by atoms with Crippen molar-refractivity contribution in [1.29, 1.82) is 0 Å². The lowest BCUT2D eigenvalue weighted by atomic mass is 10.1. The highest BCUT2D eigenvalue weighted by atomic mass is 32.2. The molecular formula is C14H14F3N3O3S. The van der Waals surface area contributed by atoms with Crippen LogP contribution in [-0.2, 0) is 15.7 Å². The molecule has 0 radical (unpaired) electrons. The number of sulfonamides is 1. The van der Waals surface area contributed by atoms with Crippen molar-refractivity contribution in [2.75, 3.05) is 0 Å². The van der Waals surface area contributed by atoms with Crippen molar-refractivity contribution in [2.24, 2.45) is 5.14 Å². The number of nitrogens with zero attached hydrogens (tertiary/aromatic N) is 2. The molecule has 2 aromatic rings. The Morgan fingerprint density at radius 3 is 2.25 bits per heavy atom. The summed E-state index contributed by atoms with van der Waals surface area (Å²) < 4.78 is 69.1. The van der Waals surface area contributed by atoms with E-state index in [1.54, 1.807) is 0 Å². The van der Waals surface area contributed by atoms with E-state index >= 15 is 0 Å². The van der Waals surface area contributed by atoms with Crippen LogP contribution in [0.1, 0.15) is 43.0 Å². The number of nitrogens with two attached hydrogens (primary N) is 1. The molecule has 1 fully saturated rings. The molecule has 1 aromatic carbocycles. The van der Waals surface area contributed by atoms with E-state index in [1.807, 2.05) is 0 Å². The molecule has 0 unspecified atom stereocenters. The lowest BCUT2D eigenvalue weighted by Gasteiger charge is -2.05. The summed E-state index contributed by atoms with van der Waals surface area (Å²) in [7, 11) is -3.90. The second-order valence-corrected chi connectivity index (χ2v) is 7.73. The molecule has 0 saturated heterocycles. The molecule has 6 nitrogen and oxygen atoms in total. The number of aromatic nitrogens is 2. The molecule has 1 aliphatic rings. The third kappa shape index (κ3) is 2.80. The van der Waals surface area contributed by atoms with Gasteiger partial charge in [0.25, 0.3) is 5.92 Å². The van der Waals surface area contributed by atoms with Crippen LogP contribution in [0.4, 0.5) is 13.2 Å². The minimum atomic E-state index is -3.90. The fraction of sp³-hybridized carbons (Fsp3) is 0.429. The fourth-order valence-electron chi connectivity index (χ4n) is 2.52. The number of halogens is 3. The van der Waals surface area contributed by atoms with E-state index in [0.717, 1.165) is 12.1 Å². The molecule has 2 N–H and O–H groups in total. The van der Waals surface area contributed by atoms with Crippen molar-refractivity contribution >= 4 is 10.0 Å². The fourth-order valence-corrected chi connectivity index (χ4v) is 3.03. The Morgan fingerprint density at radius 1 is 1.21 bits per heavy atom. The second-order valence-electron chi connectivity index (χ2n) is 6.17. The summed E-state index contributed by atoms with van der Waals surface area (Å²) in [6.07, 6.45) is 0. The first-order valence-electron chi connectivity index (χ1n) is 6.96. The maximum Gasteiger partial charge on any atom is 0.268 e. The minimum Gasteiger partial charge on any atom is -0.339 e. The Bertz CT molecular complexity index is 873. The van der Waals surface area contributed by atoms with Gasteiger partial charge in [0, 0.05) is 0 Å². The molecule has 1 aromatic heterocycles. The van der Waals surface area contributed by atoms with Gasteiger partial charge in [0.2, 0.25) is 21.7 Å². The van der Waals surface area contributed by atoms with Crippen LogP contribution in [0.5, 0.6) is 0 Å². The van der Waals surface area contributed by atoms with Gasteiger partial charge in [-0.05, 0) is 31.5 Å². The first-order chi connectivity index (χ1) is 10.9. The standard InChI is InChI=1S/C14H14F3N3O3S/c1-13(2,15)12-19-11(23-20-12)10-9(14(10,16)17)7-3-5-8(6-4-7)24(18,21)22/h3-6,9-10H,1-2H3,(H2,18,21,22)/t9-,10+/m0/s1. The van der Waals surface area contributed by atoms with E-state index in [-0.39, 0.29) is 22.2 Å². The van der Waals surface area contributed by atoms with E-state index < -0.39 is 33.5 Å². The van der Waals surface area contributed by atoms with E-state index in [2.05, 4.69) is 10.1 Å². The van der Waals surface area contributed by atoms with E-state index in [1.165, 1.54) is 26.0 Å². The predicted octanol–water partition coefficient (Wildman–Crippen LogP) is 2.44. The van der Waals surface area contributed by atoms with Gasteiger partial charge in [-0.15, -0.1) is 0 Å². The molecule has 2 atom stereocenters. The lowest BCUT2D eigenvalue weighted by molar-refractivity contribution is 0.0999. The molecule has 0 aliphatic heterocycles. The zero-order valence-electron chi connectivity index (χ0n) is 12.7. The van der Waals surface area contributed by atoms with Gasteiger partial charge < -0.3 is 4.52 Å². The second kappa shape index (κ2) is 5.03. The van der Waals surface area contributed by atoms with Crippen LogP contribution in [0, 0.1) is 0 Å². The van der Waals surface area contributed by atoms with E-state index in [9.17, 15) is 21.6 Å². The topological polar surface area (TPSA) is 99.1 Å².